The molecule has 9 aliphatic carbocycles. The van der Waals surface area contributed by atoms with E-state index in [-0.39, 0.29) is 168 Å². The van der Waals surface area contributed by atoms with Crippen molar-refractivity contribution in [3.8, 4) is 0 Å². The zero-order valence-electron chi connectivity index (χ0n) is 57.7. The van der Waals surface area contributed by atoms with Gasteiger partial charge in [0.25, 0.3) is 0 Å². The van der Waals surface area contributed by atoms with Crippen LogP contribution in [0.3, 0.4) is 0 Å². The summed E-state index contributed by atoms with van der Waals surface area (Å²) in [5, 5.41) is 0. The third-order valence-corrected chi connectivity index (χ3v) is 23.1. The zero-order valence-corrected chi connectivity index (χ0v) is 65.1. The number of hydrogen-bond acceptors (Lipinski definition) is 0. The standard InChI is InChI=1S/3C14H26.2C6H12.C5H10.12CH3.3Zr/c3*1-7-9(3)13-11(5)8(2)12(6)14(13)10(7)4;2*1-6-4-2-3-5-6;1-2-4-5-3-1;;;;;;;;;;;;;;;/h3*7-14H,1-6H3;2*6H,2-5H2,1H3;1-5H2;12*1H3;;;/q;;;;;;12*-1;3*+4. The van der Waals surface area contributed by atoms with Crippen molar-refractivity contribution in [3.63, 3.8) is 0 Å². The second kappa shape index (κ2) is 48.1. The first-order chi connectivity index (χ1) is 27.7. The van der Waals surface area contributed by atoms with E-state index in [0.29, 0.717) is 0 Å². The van der Waals surface area contributed by atoms with E-state index < -0.39 is 0 Å². The molecule has 0 spiro atoms. The summed E-state index contributed by atoms with van der Waals surface area (Å²) in [4.78, 5) is 0. The number of fused-ring (bicyclic) bond motifs is 3. The summed E-state index contributed by atoms with van der Waals surface area (Å²) in [5.74, 6) is 25.4. The average molecular weight is 1280 g/mol. The first kappa shape index (κ1) is 105. The Kier molecular flexibility index (Phi) is 68.2. The van der Waals surface area contributed by atoms with E-state index in [2.05, 4.69) is 138 Å². The van der Waals surface area contributed by atoms with E-state index in [1.807, 2.05) is 0 Å². The minimum absolute atomic E-state index is 0. The second-order valence-corrected chi connectivity index (χ2v) is 25.5. The number of rotatable bonds is 0. The fourth-order valence-electron chi connectivity index (χ4n) is 17.3. The minimum atomic E-state index is 0. The quantitative estimate of drug-likeness (QED) is 0.212. The number of hydrogen-bond donors (Lipinski definition) is 0. The van der Waals surface area contributed by atoms with Crippen molar-refractivity contribution < 1.29 is 78.6 Å². The normalized spacial score (nSPS) is 41.5. The summed E-state index contributed by atoms with van der Waals surface area (Å²) in [7, 11) is 0. The Morgan fingerprint density at radius 3 is 0.311 bits per heavy atom. The van der Waals surface area contributed by atoms with Crippen LogP contribution in [0.5, 0.6) is 0 Å². The van der Waals surface area contributed by atoms with Crippen LogP contribution in [0.4, 0.5) is 0 Å². The minimum Gasteiger partial charge on any atom is -0.358 e. The molecule has 74 heavy (non-hydrogen) atoms. The average Bonchev–Trinajstić information content (AvgIpc) is 4.12. The maximum Gasteiger partial charge on any atom is 4.00 e. The van der Waals surface area contributed by atoms with E-state index in [9.17, 15) is 0 Å². The Morgan fingerprint density at radius 1 is 0.149 bits per heavy atom. The molecule has 9 fully saturated rings. The molecule has 0 aromatic rings. The molecule has 0 radical (unpaired) electrons. The predicted octanol–water partition coefficient (Wildman–Crippen LogP) is 23.9. The Labute approximate surface area is 538 Å². The van der Waals surface area contributed by atoms with Crippen LogP contribution < -0.4 is 0 Å². The van der Waals surface area contributed by atoms with Crippen molar-refractivity contribution in [3.05, 3.63) is 89.1 Å². The molecule has 0 nitrogen and oxygen atoms in total. The van der Waals surface area contributed by atoms with Gasteiger partial charge in [0.05, 0.1) is 0 Å². The van der Waals surface area contributed by atoms with Crippen molar-refractivity contribution in [2.45, 2.75) is 222 Å². The fourth-order valence-corrected chi connectivity index (χ4v) is 17.3. The predicted molar refractivity (Wildman–Crippen MR) is 341 cm³/mol. The molecular weight excluding hydrogens is 1130 g/mol. The van der Waals surface area contributed by atoms with Gasteiger partial charge in [-0.3, -0.25) is 0 Å². The third-order valence-electron chi connectivity index (χ3n) is 23.1. The first-order valence-corrected chi connectivity index (χ1v) is 27.7. The van der Waals surface area contributed by atoms with Crippen LogP contribution in [-0.4, -0.2) is 0 Å². The molecule has 0 heterocycles. The van der Waals surface area contributed by atoms with Gasteiger partial charge in [0.1, 0.15) is 0 Å². The topological polar surface area (TPSA) is 0 Å². The van der Waals surface area contributed by atoms with E-state index in [1.165, 1.54) is 83.5 Å². The van der Waals surface area contributed by atoms with Crippen LogP contribution in [0.15, 0.2) is 0 Å². The van der Waals surface area contributed by atoms with Gasteiger partial charge in [-0.25, -0.2) is 0 Å². The SMILES string of the molecule is C1CCCC1.CC1C(C)C2C(C)C(C)C(C)C2C1C.CC1C(C)C2C(C)C(C)C(C)C2C1C.CC1C(C)C2C(C)C(C)C(C)C2C1C.CC1CCCC1.CC1CCCC1.[CH3-].[CH3-].[CH3-].[CH3-].[CH3-].[CH3-].[CH3-].[CH3-].[CH3-].[CH3-].[CH3-].[CH3-].[Zr+4].[Zr+4].[Zr+4]. The van der Waals surface area contributed by atoms with Gasteiger partial charge in [0, 0.05) is 0 Å². The Hall–Kier alpha value is 2.65. The molecule has 9 saturated carbocycles. The maximum absolute atomic E-state index is 2.49. The van der Waals surface area contributed by atoms with E-state index >= 15 is 0 Å². The third kappa shape index (κ3) is 24.1. The Bertz CT molecular complexity index is 919. The molecule has 444 valence electrons. The summed E-state index contributed by atoms with van der Waals surface area (Å²) in [6.07, 6.45) is 19.4. The molecule has 0 aromatic heterocycles. The molecular formula is C71H148Zr3. The van der Waals surface area contributed by atoms with Gasteiger partial charge in [-0.2, -0.15) is 0 Å². The monoisotopic (exact) mass is 1270 g/mol. The summed E-state index contributed by atoms with van der Waals surface area (Å²) in [5.41, 5.74) is 0. The molecule has 0 bridgehead atoms. The summed E-state index contributed by atoms with van der Waals surface area (Å²) in [6, 6.07) is 0. The van der Waals surface area contributed by atoms with Crippen LogP contribution in [-0.2, 0) is 78.6 Å². The van der Waals surface area contributed by atoms with Crippen molar-refractivity contribution in [2.24, 2.45) is 154 Å². The summed E-state index contributed by atoms with van der Waals surface area (Å²) >= 11 is 0. The molecule has 0 N–H and O–H groups in total. The molecule has 0 amide bonds. The smallest absolute Gasteiger partial charge is 0.358 e. The Morgan fingerprint density at radius 2 is 0.243 bits per heavy atom. The maximum atomic E-state index is 2.49. The Balaban J connectivity index is -0.0000000619. The van der Waals surface area contributed by atoms with Crippen molar-refractivity contribution in [1.82, 2.24) is 0 Å². The van der Waals surface area contributed by atoms with Gasteiger partial charge in [-0.05, 0) is 154 Å². The van der Waals surface area contributed by atoms with E-state index in [1.54, 1.807) is 0 Å². The molecule has 0 aromatic carbocycles. The van der Waals surface area contributed by atoms with Gasteiger partial charge in [-0.15, -0.1) is 0 Å². The van der Waals surface area contributed by atoms with Crippen LogP contribution in [0, 0.1) is 243 Å². The zero-order chi connectivity index (χ0) is 44.2. The van der Waals surface area contributed by atoms with Crippen molar-refractivity contribution >= 4 is 0 Å². The molecule has 12 unspecified atom stereocenters. The molecule has 0 aliphatic heterocycles. The molecule has 12 atom stereocenters. The molecule has 9 rings (SSSR count). The second-order valence-electron chi connectivity index (χ2n) is 25.5. The van der Waals surface area contributed by atoms with Gasteiger partial charge in [0.2, 0.25) is 0 Å². The van der Waals surface area contributed by atoms with Gasteiger partial charge in [0.15, 0.2) is 0 Å². The fraction of sp³-hybridized carbons (Fsp3) is 0.831. The molecule has 9 aliphatic rings. The van der Waals surface area contributed by atoms with Gasteiger partial charge >= 0.3 is 78.6 Å². The largest absolute Gasteiger partial charge is 4.00 e. The van der Waals surface area contributed by atoms with Crippen molar-refractivity contribution in [1.29, 1.82) is 0 Å². The van der Waals surface area contributed by atoms with Crippen LogP contribution in [0.1, 0.15) is 222 Å². The van der Waals surface area contributed by atoms with Crippen LogP contribution in [0.25, 0.3) is 0 Å². The van der Waals surface area contributed by atoms with Gasteiger partial charge in [-0.1, -0.05) is 222 Å². The molecule has 3 heteroatoms. The van der Waals surface area contributed by atoms with Crippen LogP contribution in [0.2, 0.25) is 0 Å². The first-order valence-electron chi connectivity index (χ1n) is 27.7. The van der Waals surface area contributed by atoms with E-state index in [0.717, 1.165) is 154 Å². The molecule has 0 saturated heterocycles. The van der Waals surface area contributed by atoms with Gasteiger partial charge < -0.3 is 89.1 Å². The van der Waals surface area contributed by atoms with Crippen molar-refractivity contribution in [2.75, 3.05) is 0 Å². The van der Waals surface area contributed by atoms with Crippen LogP contribution >= 0.6 is 0 Å². The summed E-state index contributed by atoms with van der Waals surface area (Å²) in [6.45, 7) is 49.4. The van der Waals surface area contributed by atoms with E-state index in [4.69, 9.17) is 0 Å². The summed E-state index contributed by atoms with van der Waals surface area (Å²) < 4.78 is 0.